The highest BCUT2D eigenvalue weighted by Gasteiger charge is 2.32. The van der Waals surface area contributed by atoms with Gasteiger partial charge in [-0.05, 0) is 43.4 Å². The van der Waals surface area contributed by atoms with Crippen molar-refractivity contribution in [1.82, 2.24) is 10.2 Å². The maximum Gasteiger partial charge on any atom is 0.0431 e. The Morgan fingerprint density at radius 3 is 2.48 bits per heavy atom. The van der Waals surface area contributed by atoms with Gasteiger partial charge in [-0.3, -0.25) is 4.90 Å². The first kappa shape index (κ1) is 17.2. The summed E-state index contributed by atoms with van der Waals surface area (Å²) < 4.78 is 0. The Labute approximate surface area is 131 Å². The molecule has 0 spiro atoms. The SMILES string of the molecule is CC(C)(C)CNC1CC(CCCO)CN(C2CCCC2)C1. The predicted octanol–water partition coefficient (Wildman–Crippen LogP) is 3.03. The molecule has 2 atom stereocenters. The van der Waals surface area contributed by atoms with Crippen molar-refractivity contribution >= 4 is 0 Å². The van der Waals surface area contributed by atoms with Gasteiger partial charge in [0.25, 0.3) is 0 Å². The van der Waals surface area contributed by atoms with Crippen LogP contribution in [-0.2, 0) is 0 Å². The zero-order valence-corrected chi connectivity index (χ0v) is 14.4. The molecule has 124 valence electrons. The quantitative estimate of drug-likeness (QED) is 0.791. The molecule has 1 aliphatic carbocycles. The van der Waals surface area contributed by atoms with E-state index in [0.717, 1.165) is 24.9 Å². The Hall–Kier alpha value is -0.120. The van der Waals surface area contributed by atoms with Crippen LogP contribution in [-0.4, -0.2) is 48.3 Å². The lowest BCUT2D eigenvalue weighted by atomic mass is 9.88. The molecule has 0 radical (unpaired) electrons. The van der Waals surface area contributed by atoms with Gasteiger partial charge in [-0.25, -0.2) is 0 Å². The number of rotatable bonds is 6. The largest absolute Gasteiger partial charge is 0.396 e. The number of likely N-dealkylation sites (tertiary alicyclic amines) is 1. The Morgan fingerprint density at radius 2 is 1.86 bits per heavy atom. The van der Waals surface area contributed by atoms with Gasteiger partial charge in [-0.15, -0.1) is 0 Å². The van der Waals surface area contributed by atoms with E-state index in [0.29, 0.717) is 18.1 Å². The van der Waals surface area contributed by atoms with E-state index in [1.165, 1.54) is 51.6 Å². The molecule has 0 aromatic rings. The second-order valence-electron chi connectivity index (χ2n) is 8.50. The van der Waals surface area contributed by atoms with Crippen LogP contribution in [0.4, 0.5) is 0 Å². The summed E-state index contributed by atoms with van der Waals surface area (Å²) in [4.78, 5) is 2.76. The molecule has 3 heteroatoms. The molecule has 2 fully saturated rings. The zero-order chi connectivity index (χ0) is 15.3. The molecule has 0 aromatic carbocycles. The summed E-state index contributed by atoms with van der Waals surface area (Å²) in [5, 5.41) is 12.9. The first-order chi connectivity index (χ1) is 9.98. The van der Waals surface area contributed by atoms with Gasteiger partial charge in [-0.1, -0.05) is 33.6 Å². The van der Waals surface area contributed by atoms with Crippen LogP contribution in [0.2, 0.25) is 0 Å². The van der Waals surface area contributed by atoms with Crippen LogP contribution in [0, 0.1) is 11.3 Å². The Morgan fingerprint density at radius 1 is 1.14 bits per heavy atom. The van der Waals surface area contributed by atoms with Gasteiger partial charge in [0, 0.05) is 38.3 Å². The van der Waals surface area contributed by atoms with E-state index in [9.17, 15) is 0 Å². The molecule has 1 aliphatic heterocycles. The topological polar surface area (TPSA) is 35.5 Å². The molecule has 2 unspecified atom stereocenters. The lowest BCUT2D eigenvalue weighted by Crippen LogP contribution is -2.53. The van der Waals surface area contributed by atoms with Crippen molar-refractivity contribution < 1.29 is 5.11 Å². The van der Waals surface area contributed by atoms with Crippen LogP contribution >= 0.6 is 0 Å². The second kappa shape index (κ2) is 7.94. The predicted molar refractivity (Wildman–Crippen MR) is 89.5 cm³/mol. The first-order valence-corrected chi connectivity index (χ1v) is 9.06. The minimum atomic E-state index is 0.347. The van der Waals surface area contributed by atoms with E-state index < -0.39 is 0 Å². The van der Waals surface area contributed by atoms with Crippen molar-refractivity contribution in [2.75, 3.05) is 26.2 Å². The molecule has 2 aliphatic rings. The van der Waals surface area contributed by atoms with Gasteiger partial charge in [0.1, 0.15) is 0 Å². The highest BCUT2D eigenvalue weighted by molar-refractivity contribution is 4.89. The molecule has 0 aromatic heterocycles. The van der Waals surface area contributed by atoms with Crippen LogP contribution in [0.3, 0.4) is 0 Å². The van der Waals surface area contributed by atoms with Crippen LogP contribution < -0.4 is 5.32 Å². The lowest BCUT2D eigenvalue weighted by Gasteiger charge is -2.42. The van der Waals surface area contributed by atoms with Gasteiger partial charge < -0.3 is 10.4 Å². The third-order valence-electron chi connectivity index (χ3n) is 5.10. The summed E-state index contributed by atoms with van der Waals surface area (Å²) in [7, 11) is 0. The standard InChI is InChI=1S/C18H36N2O/c1-18(2,3)14-19-16-11-15(7-6-10-21)12-20(13-16)17-8-4-5-9-17/h15-17,19,21H,4-14H2,1-3H3. The summed E-state index contributed by atoms with van der Waals surface area (Å²) in [6.45, 7) is 10.9. The molecule has 0 amide bonds. The van der Waals surface area contributed by atoms with Crippen LogP contribution in [0.25, 0.3) is 0 Å². The highest BCUT2D eigenvalue weighted by Crippen LogP contribution is 2.30. The highest BCUT2D eigenvalue weighted by atomic mass is 16.2. The molecular formula is C18H36N2O. The van der Waals surface area contributed by atoms with Crippen LogP contribution in [0.15, 0.2) is 0 Å². The maximum absolute atomic E-state index is 9.12. The molecule has 0 bridgehead atoms. The van der Waals surface area contributed by atoms with Crippen molar-refractivity contribution in [3.63, 3.8) is 0 Å². The smallest absolute Gasteiger partial charge is 0.0431 e. The number of nitrogens with zero attached hydrogens (tertiary/aromatic N) is 1. The molecule has 21 heavy (non-hydrogen) atoms. The molecule has 1 saturated heterocycles. The third kappa shape index (κ3) is 5.88. The normalized spacial score (nSPS) is 29.1. The third-order valence-corrected chi connectivity index (χ3v) is 5.10. The number of hydrogen-bond donors (Lipinski definition) is 2. The number of piperidine rings is 1. The van der Waals surface area contributed by atoms with Gasteiger partial charge >= 0.3 is 0 Å². The minimum absolute atomic E-state index is 0.347. The fourth-order valence-corrected chi connectivity index (χ4v) is 4.00. The fraction of sp³-hybridized carbons (Fsp3) is 1.00. The Kier molecular flexibility index (Phi) is 6.51. The van der Waals surface area contributed by atoms with Crippen molar-refractivity contribution in [2.24, 2.45) is 11.3 Å². The number of aliphatic hydroxyl groups excluding tert-OH is 1. The van der Waals surface area contributed by atoms with Gasteiger partial charge in [0.15, 0.2) is 0 Å². The van der Waals surface area contributed by atoms with E-state index in [1.54, 1.807) is 0 Å². The molecule has 1 saturated carbocycles. The minimum Gasteiger partial charge on any atom is -0.396 e. The van der Waals surface area contributed by atoms with Crippen molar-refractivity contribution in [3.8, 4) is 0 Å². The summed E-state index contributed by atoms with van der Waals surface area (Å²) >= 11 is 0. The summed E-state index contributed by atoms with van der Waals surface area (Å²) in [5.74, 6) is 0.768. The molecule has 1 heterocycles. The first-order valence-electron chi connectivity index (χ1n) is 9.06. The average molecular weight is 296 g/mol. The lowest BCUT2D eigenvalue weighted by molar-refractivity contribution is 0.0885. The second-order valence-corrected chi connectivity index (χ2v) is 8.50. The number of aliphatic hydroxyl groups is 1. The number of hydrogen-bond acceptors (Lipinski definition) is 3. The Bertz CT molecular complexity index is 294. The van der Waals surface area contributed by atoms with Gasteiger partial charge in [-0.2, -0.15) is 0 Å². The zero-order valence-electron chi connectivity index (χ0n) is 14.4. The summed E-state index contributed by atoms with van der Waals surface area (Å²) in [6, 6.07) is 1.48. The van der Waals surface area contributed by atoms with E-state index in [4.69, 9.17) is 5.11 Å². The fourth-order valence-electron chi connectivity index (χ4n) is 4.00. The number of nitrogens with one attached hydrogen (secondary N) is 1. The average Bonchev–Trinajstić information content (AvgIpc) is 2.96. The summed E-state index contributed by atoms with van der Waals surface area (Å²) in [6.07, 6.45) is 9.09. The molecular weight excluding hydrogens is 260 g/mol. The van der Waals surface area contributed by atoms with Crippen molar-refractivity contribution in [1.29, 1.82) is 0 Å². The van der Waals surface area contributed by atoms with E-state index in [2.05, 4.69) is 31.0 Å². The van der Waals surface area contributed by atoms with E-state index >= 15 is 0 Å². The summed E-state index contributed by atoms with van der Waals surface area (Å²) in [5.41, 5.74) is 0.357. The molecule has 2 rings (SSSR count). The van der Waals surface area contributed by atoms with Gasteiger partial charge in [0.2, 0.25) is 0 Å². The molecule has 3 nitrogen and oxygen atoms in total. The molecule has 2 N–H and O–H groups in total. The van der Waals surface area contributed by atoms with Crippen molar-refractivity contribution in [2.45, 2.75) is 77.8 Å². The maximum atomic E-state index is 9.12. The van der Waals surface area contributed by atoms with Gasteiger partial charge in [0.05, 0.1) is 0 Å². The van der Waals surface area contributed by atoms with Crippen LogP contribution in [0.1, 0.15) is 65.7 Å². The monoisotopic (exact) mass is 296 g/mol. The van der Waals surface area contributed by atoms with E-state index in [1.807, 2.05) is 0 Å². The van der Waals surface area contributed by atoms with Crippen molar-refractivity contribution in [3.05, 3.63) is 0 Å². The Balaban J connectivity index is 1.89. The van der Waals surface area contributed by atoms with E-state index in [-0.39, 0.29) is 0 Å². The van der Waals surface area contributed by atoms with Crippen LogP contribution in [0.5, 0.6) is 0 Å².